The Morgan fingerprint density at radius 3 is 2.65 bits per heavy atom. The van der Waals surface area contributed by atoms with Crippen LogP contribution in [0.15, 0.2) is 18.2 Å². The van der Waals surface area contributed by atoms with E-state index in [0.29, 0.717) is 17.5 Å². The zero-order valence-electron chi connectivity index (χ0n) is 10.6. The Bertz CT molecular complexity index is 386. The average molecular weight is 236 g/mol. The summed E-state index contributed by atoms with van der Waals surface area (Å²) in [7, 11) is 0. The van der Waals surface area contributed by atoms with Gasteiger partial charge in [0.05, 0.1) is 0 Å². The zero-order valence-corrected chi connectivity index (χ0v) is 10.6. The second-order valence-electron chi connectivity index (χ2n) is 5.22. The first kappa shape index (κ1) is 12.4. The van der Waals surface area contributed by atoms with E-state index in [9.17, 15) is 4.39 Å². The first-order valence-corrected chi connectivity index (χ1v) is 6.37. The number of hydrogen-bond acceptors (Lipinski definition) is 2. The molecule has 17 heavy (non-hydrogen) atoms. The summed E-state index contributed by atoms with van der Waals surface area (Å²) in [4.78, 5) is 2.33. The van der Waals surface area contributed by atoms with Crippen LogP contribution in [-0.2, 0) is 6.54 Å². The maximum absolute atomic E-state index is 13.7. The number of benzene rings is 1. The quantitative estimate of drug-likeness (QED) is 0.851. The van der Waals surface area contributed by atoms with Crippen molar-refractivity contribution in [3.8, 4) is 0 Å². The standard InChI is InChI=1S/C14H21FN2/c1-10(2)9-17(11-6-7-11)14-5-3-4-13(15)12(14)8-16/h3-5,10-11H,6-9,16H2,1-2H3. The molecular weight excluding hydrogens is 215 g/mol. The number of nitrogens with zero attached hydrogens (tertiary/aromatic N) is 1. The molecular formula is C14H21FN2. The predicted octanol–water partition coefficient (Wildman–Crippen LogP) is 2.91. The van der Waals surface area contributed by atoms with E-state index in [1.54, 1.807) is 6.07 Å². The second-order valence-corrected chi connectivity index (χ2v) is 5.22. The smallest absolute Gasteiger partial charge is 0.129 e. The lowest BCUT2D eigenvalue weighted by Gasteiger charge is -2.28. The van der Waals surface area contributed by atoms with Crippen LogP contribution >= 0.6 is 0 Å². The van der Waals surface area contributed by atoms with E-state index >= 15 is 0 Å². The molecule has 1 aromatic carbocycles. The summed E-state index contributed by atoms with van der Waals surface area (Å²) >= 11 is 0. The zero-order chi connectivity index (χ0) is 12.4. The molecule has 1 saturated carbocycles. The Morgan fingerprint density at radius 2 is 2.12 bits per heavy atom. The van der Waals surface area contributed by atoms with Crippen molar-refractivity contribution < 1.29 is 4.39 Å². The van der Waals surface area contributed by atoms with Crippen molar-refractivity contribution in [1.82, 2.24) is 0 Å². The van der Waals surface area contributed by atoms with Crippen LogP contribution in [0.4, 0.5) is 10.1 Å². The summed E-state index contributed by atoms with van der Waals surface area (Å²) in [6, 6.07) is 5.85. The highest BCUT2D eigenvalue weighted by atomic mass is 19.1. The molecule has 0 atom stereocenters. The number of anilines is 1. The molecule has 1 aliphatic rings. The molecule has 0 unspecified atom stereocenters. The van der Waals surface area contributed by atoms with Gasteiger partial charge in [-0.1, -0.05) is 19.9 Å². The lowest BCUT2D eigenvalue weighted by atomic mass is 10.1. The summed E-state index contributed by atoms with van der Waals surface area (Å²) < 4.78 is 13.7. The van der Waals surface area contributed by atoms with Gasteiger partial charge in [0.1, 0.15) is 5.82 Å². The maximum Gasteiger partial charge on any atom is 0.129 e. The van der Waals surface area contributed by atoms with Crippen LogP contribution in [0, 0.1) is 11.7 Å². The molecule has 1 aliphatic carbocycles. The van der Waals surface area contributed by atoms with E-state index in [-0.39, 0.29) is 12.4 Å². The Labute approximate surface area is 103 Å². The highest BCUT2D eigenvalue weighted by Gasteiger charge is 2.31. The van der Waals surface area contributed by atoms with Crippen LogP contribution in [0.5, 0.6) is 0 Å². The van der Waals surface area contributed by atoms with Crippen LogP contribution in [0.2, 0.25) is 0 Å². The fourth-order valence-electron chi connectivity index (χ4n) is 2.24. The van der Waals surface area contributed by atoms with Crippen molar-refractivity contribution in [1.29, 1.82) is 0 Å². The van der Waals surface area contributed by atoms with Gasteiger partial charge in [-0.2, -0.15) is 0 Å². The van der Waals surface area contributed by atoms with Crippen molar-refractivity contribution in [2.24, 2.45) is 11.7 Å². The summed E-state index contributed by atoms with van der Waals surface area (Å²) in [5, 5.41) is 0. The molecule has 3 heteroatoms. The van der Waals surface area contributed by atoms with Crippen molar-refractivity contribution in [2.75, 3.05) is 11.4 Å². The van der Waals surface area contributed by atoms with Gasteiger partial charge in [-0.15, -0.1) is 0 Å². The molecule has 2 nitrogen and oxygen atoms in total. The Hall–Kier alpha value is -1.09. The average Bonchev–Trinajstić information content (AvgIpc) is 3.09. The van der Waals surface area contributed by atoms with E-state index in [2.05, 4.69) is 18.7 Å². The SMILES string of the molecule is CC(C)CN(c1cccc(F)c1CN)C1CC1. The normalized spacial score (nSPS) is 15.4. The van der Waals surface area contributed by atoms with Gasteiger partial charge in [-0.05, 0) is 30.9 Å². The van der Waals surface area contributed by atoms with Gasteiger partial charge in [0.2, 0.25) is 0 Å². The highest BCUT2D eigenvalue weighted by Crippen LogP contribution is 2.34. The summed E-state index contributed by atoms with van der Waals surface area (Å²) in [6.07, 6.45) is 2.43. The van der Waals surface area contributed by atoms with Crippen LogP contribution in [0.3, 0.4) is 0 Å². The van der Waals surface area contributed by atoms with Gasteiger partial charge < -0.3 is 10.6 Å². The van der Waals surface area contributed by atoms with E-state index in [1.807, 2.05) is 6.07 Å². The minimum atomic E-state index is -0.181. The topological polar surface area (TPSA) is 29.3 Å². The van der Waals surface area contributed by atoms with Crippen LogP contribution in [0.25, 0.3) is 0 Å². The second kappa shape index (κ2) is 5.05. The molecule has 0 aromatic heterocycles. The number of hydrogen-bond donors (Lipinski definition) is 1. The fraction of sp³-hybridized carbons (Fsp3) is 0.571. The van der Waals surface area contributed by atoms with Gasteiger partial charge in [0, 0.05) is 30.4 Å². The minimum Gasteiger partial charge on any atom is -0.368 e. The number of nitrogens with two attached hydrogens (primary N) is 1. The van der Waals surface area contributed by atoms with Crippen molar-refractivity contribution in [2.45, 2.75) is 39.3 Å². The van der Waals surface area contributed by atoms with Crippen molar-refractivity contribution in [3.63, 3.8) is 0 Å². The third-order valence-electron chi connectivity index (χ3n) is 3.16. The van der Waals surface area contributed by atoms with Gasteiger partial charge >= 0.3 is 0 Å². The lowest BCUT2D eigenvalue weighted by molar-refractivity contribution is 0.589. The van der Waals surface area contributed by atoms with E-state index in [4.69, 9.17) is 5.73 Å². The first-order valence-electron chi connectivity index (χ1n) is 6.37. The summed E-state index contributed by atoms with van der Waals surface area (Å²) in [6.45, 7) is 5.62. The van der Waals surface area contributed by atoms with Crippen molar-refractivity contribution >= 4 is 5.69 Å². The molecule has 0 bridgehead atoms. The third kappa shape index (κ3) is 2.78. The number of rotatable bonds is 5. The molecule has 0 saturated heterocycles. The third-order valence-corrected chi connectivity index (χ3v) is 3.16. The molecule has 94 valence electrons. The minimum absolute atomic E-state index is 0.181. The van der Waals surface area contributed by atoms with Crippen LogP contribution < -0.4 is 10.6 Å². The van der Waals surface area contributed by atoms with Crippen LogP contribution in [-0.4, -0.2) is 12.6 Å². The first-order chi connectivity index (χ1) is 8.13. The Balaban J connectivity index is 2.31. The van der Waals surface area contributed by atoms with Crippen molar-refractivity contribution in [3.05, 3.63) is 29.6 Å². The molecule has 1 aromatic rings. The van der Waals surface area contributed by atoms with Gasteiger partial charge in [0.25, 0.3) is 0 Å². The molecule has 2 N–H and O–H groups in total. The molecule has 0 amide bonds. The monoisotopic (exact) mass is 236 g/mol. The largest absolute Gasteiger partial charge is 0.368 e. The van der Waals surface area contributed by atoms with E-state index in [0.717, 1.165) is 12.2 Å². The predicted molar refractivity (Wildman–Crippen MR) is 69.5 cm³/mol. The van der Waals surface area contributed by atoms with Gasteiger partial charge in [-0.3, -0.25) is 0 Å². The molecule has 1 fully saturated rings. The molecule has 0 radical (unpaired) electrons. The van der Waals surface area contributed by atoms with Gasteiger partial charge in [0.15, 0.2) is 0 Å². The Morgan fingerprint density at radius 1 is 1.41 bits per heavy atom. The maximum atomic E-state index is 13.7. The summed E-state index contributed by atoms with van der Waals surface area (Å²) in [5.74, 6) is 0.392. The van der Waals surface area contributed by atoms with Crippen LogP contribution in [0.1, 0.15) is 32.3 Å². The Kier molecular flexibility index (Phi) is 3.67. The van der Waals surface area contributed by atoms with Gasteiger partial charge in [-0.25, -0.2) is 4.39 Å². The van der Waals surface area contributed by atoms with E-state index in [1.165, 1.54) is 18.9 Å². The molecule has 0 heterocycles. The fourth-order valence-corrected chi connectivity index (χ4v) is 2.24. The lowest BCUT2D eigenvalue weighted by Crippen LogP contribution is -2.31. The molecule has 0 spiro atoms. The molecule has 0 aliphatic heterocycles. The summed E-state index contributed by atoms with van der Waals surface area (Å²) in [5.41, 5.74) is 7.32. The number of halogens is 1. The molecule has 2 rings (SSSR count). The van der Waals surface area contributed by atoms with E-state index < -0.39 is 0 Å². The highest BCUT2D eigenvalue weighted by molar-refractivity contribution is 5.56.